The number of rotatable bonds is 6. The third-order valence-corrected chi connectivity index (χ3v) is 5.19. The van der Waals surface area contributed by atoms with Crippen LogP contribution in [0, 0.1) is 17.3 Å². The molecule has 3 atom stereocenters. The molecule has 3 heteroatoms. The quantitative estimate of drug-likeness (QED) is 0.550. The van der Waals surface area contributed by atoms with Crippen LogP contribution >= 0.6 is 0 Å². The molecule has 1 aromatic rings. The van der Waals surface area contributed by atoms with E-state index in [1.165, 1.54) is 0 Å². The van der Waals surface area contributed by atoms with Gasteiger partial charge in [-0.15, -0.1) is 0 Å². The summed E-state index contributed by atoms with van der Waals surface area (Å²) in [4.78, 5) is 0. The molecule has 0 aliphatic heterocycles. The molecule has 3 nitrogen and oxygen atoms in total. The Hall–Kier alpha value is -1.86. The Morgan fingerprint density at radius 1 is 1.28 bits per heavy atom. The van der Waals surface area contributed by atoms with E-state index in [0.29, 0.717) is 0 Å². The van der Waals surface area contributed by atoms with Crippen molar-refractivity contribution >= 4 is 6.08 Å². The van der Waals surface area contributed by atoms with Crippen molar-refractivity contribution < 1.29 is 15.3 Å². The highest BCUT2D eigenvalue weighted by molar-refractivity contribution is 5.50. The van der Waals surface area contributed by atoms with Gasteiger partial charge in [0.05, 0.1) is 5.60 Å². The minimum Gasteiger partial charge on any atom is -0.385 e. The second kappa shape index (κ2) is 7.17. The second-order valence-electron chi connectivity index (χ2n) is 7.51. The fourth-order valence-corrected chi connectivity index (χ4v) is 3.12. The molecule has 1 aromatic carbocycles. The normalized spacial score (nSPS) is 21.5. The van der Waals surface area contributed by atoms with E-state index >= 15 is 0 Å². The number of benzene rings is 1. The molecule has 0 spiro atoms. The molecule has 0 radical (unpaired) electrons. The number of aliphatic hydroxyl groups excluding tert-OH is 1. The molecule has 0 aromatic heterocycles. The molecule has 25 heavy (non-hydrogen) atoms. The predicted molar refractivity (Wildman–Crippen MR) is 102 cm³/mol. The summed E-state index contributed by atoms with van der Waals surface area (Å²) in [5.41, 5.74) is -1.03. The van der Waals surface area contributed by atoms with Crippen LogP contribution in [0.2, 0.25) is 0 Å². The summed E-state index contributed by atoms with van der Waals surface area (Å²) < 4.78 is 0. The number of aliphatic hydroxyl groups is 3. The van der Waals surface area contributed by atoms with Gasteiger partial charge in [0.25, 0.3) is 0 Å². The van der Waals surface area contributed by atoms with E-state index in [1.807, 2.05) is 43.3 Å². The molecule has 1 saturated carbocycles. The number of hydrogen-bond acceptors (Lipinski definition) is 3. The Morgan fingerprint density at radius 2 is 1.88 bits per heavy atom. The molecule has 0 amide bonds. The Balaban J connectivity index is 2.01. The predicted octanol–water partition coefficient (Wildman–Crippen LogP) is 3.31. The maximum Gasteiger partial charge on any atom is 0.143 e. The summed E-state index contributed by atoms with van der Waals surface area (Å²) in [6.45, 7) is 9.10. The molecule has 0 bridgehead atoms. The summed E-state index contributed by atoms with van der Waals surface area (Å²) >= 11 is 0. The van der Waals surface area contributed by atoms with Crippen LogP contribution in [0.1, 0.15) is 45.6 Å². The Bertz CT molecular complexity index is 698. The average molecular weight is 340 g/mol. The van der Waals surface area contributed by atoms with Gasteiger partial charge in [-0.3, -0.25) is 0 Å². The molecule has 1 aliphatic rings. The summed E-state index contributed by atoms with van der Waals surface area (Å²) in [5.74, 6) is 5.51. The molecule has 1 fully saturated rings. The van der Waals surface area contributed by atoms with Crippen molar-refractivity contribution in [3.63, 3.8) is 0 Å². The highest BCUT2D eigenvalue weighted by atomic mass is 16.3. The van der Waals surface area contributed by atoms with Gasteiger partial charge >= 0.3 is 0 Å². The van der Waals surface area contributed by atoms with Gasteiger partial charge in [-0.2, -0.15) is 0 Å². The van der Waals surface area contributed by atoms with Gasteiger partial charge in [0.2, 0.25) is 0 Å². The minimum absolute atomic E-state index is 0.170. The van der Waals surface area contributed by atoms with Gasteiger partial charge in [0.15, 0.2) is 0 Å². The SMILES string of the molecule is C=C(C)C1([C@@](C)(O)[C@@H](O)C#CCC(C)(O)/C=C/c2ccccc2)CC1. The lowest BCUT2D eigenvalue weighted by atomic mass is 9.77. The molecule has 3 N–H and O–H groups in total. The first kappa shape index (κ1) is 19.5. The largest absolute Gasteiger partial charge is 0.385 e. The van der Waals surface area contributed by atoms with Crippen LogP contribution in [0.3, 0.4) is 0 Å². The van der Waals surface area contributed by atoms with Crippen LogP contribution < -0.4 is 0 Å². The molecule has 134 valence electrons. The van der Waals surface area contributed by atoms with Crippen LogP contribution in [0.15, 0.2) is 48.6 Å². The van der Waals surface area contributed by atoms with Crippen LogP contribution in [0.25, 0.3) is 6.08 Å². The van der Waals surface area contributed by atoms with Crippen LogP contribution in [0.4, 0.5) is 0 Å². The molecule has 1 unspecified atom stereocenters. The van der Waals surface area contributed by atoms with E-state index in [2.05, 4.69) is 18.4 Å². The van der Waals surface area contributed by atoms with E-state index in [1.54, 1.807) is 19.9 Å². The van der Waals surface area contributed by atoms with Gasteiger partial charge in [0.1, 0.15) is 11.7 Å². The second-order valence-corrected chi connectivity index (χ2v) is 7.51. The molecule has 2 rings (SSSR count). The highest BCUT2D eigenvalue weighted by Crippen LogP contribution is 2.59. The third-order valence-electron chi connectivity index (χ3n) is 5.19. The van der Waals surface area contributed by atoms with Crippen molar-refractivity contribution in [2.24, 2.45) is 5.41 Å². The van der Waals surface area contributed by atoms with Gasteiger partial charge in [0, 0.05) is 11.8 Å². The van der Waals surface area contributed by atoms with E-state index in [-0.39, 0.29) is 6.42 Å². The Labute approximate surface area is 150 Å². The van der Waals surface area contributed by atoms with E-state index in [4.69, 9.17) is 0 Å². The zero-order valence-electron chi connectivity index (χ0n) is 15.3. The van der Waals surface area contributed by atoms with Gasteiger partial charge in [-0.05, 0) is 39.2 Å². The molecule has 0 saturated heterocycles. The Morgan fingerprint density at radius 3 is 2.40 bits per heavy atom. The minimum atomic E-state index is -1.34. The van der Waals surface area contributed by atoms with Crippen LogP contribution in [0.5, 0.6) is 0 Å². The van der Waals surface area contributed by atoms with Crippen LogP contribution in [-0.2, 0) is 0 Å². The topological polar surface area (TPSA) is 60.7 Å². The van der Waals surface area contributed by atoms with E-state index in [0.717, 1.165) is 24.0 Å². The first-order valence-corrected chi connectivity index (χ1v) is 8.62. The zero-order chi connectivity index (χ0) is 18.7. The summed E-state index contributed by atoms with van der Waals surface area (Å²) in [5, 5.41) is 31.5. The van der Waals surface area contributed by atoms with Crippen LogP contribution in [-0.4, -0.2) is 32.6 Å². The maximum absolute atomic E-state index is 10.7. The molecule has 0 heterocycles. The zero-order valence-corrected chi connectivity index (χ0v) is 15.3. The van der Waals surface area contributed by atoms with Crippen molar-refractivity contribution in [3.8, 4) is 11.8 Å². The first-order valence-electron chi connectivity index (χ1n) is 8.62. The van der Waals surface area contributed by atoms with Gasteiger partial charge in [-0.25, -0.2) is 0 Å². The fraction of sp³-hybridized carbons (Fsp3) is 0.455. The number of hydrogen-bond donors (Lipinski definition) is 3. The van der Waals surface area contributed by atoms with Crippen molar-refractivity contribution in [1.29, 1.82) is 0 Å². The lowest BCUT2D eigenvalue weighted by molar-refractivity contribution is -0.0760. The fourth-order valence-electron chi connectivity index (χ4n) is 3.12. The Kier molecular flexibility index (Phi) is 5.58. The standard InChI is InChI=1S/C22H28O3/c1-17(2)22(15-16-22)21(4,25)19(23)11-8-13-20(3,24)14-12-18-9-6-5-7-10-18/h5-7,9-10,12,14,19,23-25H,1,13,15-16H2,2-4H3/b14-12+/t19-,20?,21-/m0/s1. The van der Waals surface area contributed by atoms with Gasteiger partial charge in [-0.1, -0.05) is 66.5 Å². The lowest BCUT2D eigenvalue weighted by Crippen LogP contribution is -2.47. The average Bonchev–Trinajstić information content (AvgIpc) is 3.36. The lowest BCUT2D eigenvalue weighted by Gasteiger charge is -2.35. The van der Waals surface area contributed by atoms with E-state index < -0.39 is 22.7 Å². The van der Waals surface area contributed by atoms with Crippen molar-refractivity contribution in [3.05, 3.63) is 54.1 Å². The summed E-state index contributed by atoms with van der Waals surface area (Å²) in [6, 6.07) is 9.70. The summed E-state index contributed by atoms with van der Waals surface area (Å²) in [7, 11) is 0. The maximum atomic E-state index is 10.7. The molecule has 1 aliphatic carbocycles. The van der Waals surface area contributed by atoms with Gasteiger partial charge < -0.3 is 15.3 Å². The molecular weight excluding hydrogens is 312 g/mol. The third kappa shape index (κ3) is 4.41. The highest BCUT2D eigenvalue weighted by Gasteiger charge is 2.59. The first-order chi connectivity index (χ1) is 11.6. The van der Waals surface area contributed by atoms with E-state index in [9.17, 15) is 15.3 Å². The van der Waals surface area contributed by atoms with Crippen molar-refractivity contribution in [2.45, 2.75) is 57.3 Å². The monoisotopic (exact) mass is 340 g/mol. The van der Waals surface area contributed by atoms with Crippen molar-refractivity contribution in [2.75, 3.05) is 0 Å². The molecular formula is C22H28O3. The van der Waals surface area contributed by atoms with Crippen molar-refractivity contribution in [1.82, 2.24) is 0 Å². The smallest absolute Gasteiger partial charge is 0.143 e. The summed E-state index contributed by atoms with van der Waals surface area (Å²) in [6.07, 6.45) is 4.15.